The van der Waals surface area contributed by atoms with E-state index >= 15 is 0 Å². The molecule has 2 aromatic rings. The van der Waals surface area contributed by atoms with Crippen LogP contribution >= 0.6 is 0 Å². The summed E-state index contributed by atoms with van der Waals surface area (Å²) in [6.07, 6.45) is -4.08. The number of halogens is 2. The zero-order valence-electron chi connectivity index (χ0n) is 17.9. The average molecular weight is 429 g/mol. The minimum atomic E-state index is -3.28. The molecule has 0 aliphatic carbocycles. The Hall–Kier alpha value is -3.31. The van der Waals surface area contributed by atoms with Crippen LogP contribution in [-0.2, 0) is 4.79 Å². The Morgan fingerprint density at radius 1 is 1.32 bits per heavy atom. The molecule has 1 aliphatic heterocycles. The Balaban J connectivity index is 1.71. The molecule has 0 spiro atoms. The third-order valence-corrected chi connectivity index (χ3v) is 4.34. The van der Waals surface area contributed by atoms with Gasteiger partial charge in [0.05, 0.1) is 24.5 Å². The van der Waals surface area contributed by atoms with Crippen molar-refractivity contribution in [2.45, 2.75) is 26.1 Å². The standard InChI is InChI=1S/C23H25F2N3O3/c1-15-7-9-18(16(12-15)6-5-11-28(3)4)27-22(29)21-14-26-19-13-17(31-23(2,24)25)8-10-20(19)30-21/h7-10,12-13,21,26H,11,14H2,1-4H3,(H,27,29). The summed E-state index contributed by atoms with van der Waals surface area (Å²) < 4.78 is 36.4. The zero-order chi connectivity index (χ0) is 22.6. The summed E-state index contributed by atoms with van der Waals surface area (Å²) in [7, 11) is 3.86. The third-order valence-electron chi connectivity index (χ3n) is 4.34. The van der Waals surface area contributed by atoms with Crippen LogP contribution in [-0.4, -0.2) is 50.2 Å². The van der Waals surface area contributed by atoms with Crippen molar-refractivity contribution >= 4 is 17.3 Å². The largest absolute Gasteiger partial charge is 0.477 e. The highest BCUT2D eigenvalue weighted by Crippen LogP contribution is 2.34. The second-order valence-electron chi connectivity index (χ2n) is 7.63. The molecule has 31 heavy (non-hydrogen) atoms. The van der Waals surface area contributed by atoms with Crippen molar-refractivity contribution in [3.63, 3.8) is 0 Å². The van der Waals surface area contributed by atoms with Crippen LogP contribution in [0.4, 0.5) is 20.2 Å². The molecule has 0 fully saturated rings. The van der Waals surface area contributed by atoms with E-state index in [1.807, 2.05) is 44.1 Å². The fourth-order valence-electron chi connectivity index (χ4n) is 2.94. The second kappa shape index (κ2) is 9.23. The van der Waals surface area contributed by atoms with Gasteiger partial charge in [-0.05, 0) is 50.8 Å². The van der Waals surface area contributed by atoms with E-state index in [9.17, 15) is 13.6 Å². The Labute approximate surface area is 180 Å². The summed E-state index contributed by atoms with van der Waals surface area (Å²) in [5.41, 5.74) is 2.84. The molecule has 6 nitrogen and oxygen atoms in total. The molecular weight excluding hydrogens is 404 g/mol. The second-order valence-corrected chi connectivity index (χ2v) is 7.63. The maximum atomic E-state index is 13.1. The number of anilines is 2. The molecule has 0 aromatic heterocycles. The van der Waals surface area contributed by atoms with Crippen molar-refractivity contribution in [2.24, 2.45) is 0 Å². The summed E-state index contributed by atoms with van der Waals surface area (Å²) >= 11 is 0. The Morgan fingerprint density at radius 2 is 2.10 bits per heavy atom. The van der Waals surface area contributed by atoms with Gasteiger partial charge < -0.3 is 20.1 Å². The lowest BCUT2D eigenvalue weighted by atomic mass is 10.1. The van der Waals surface area contributed by atoms with Gasteiger partial charge in [0.2, 0.25) is 0 Å². The smallest absolute Gasteiger partial charge is 0.394 e. The number of hydrogen-bond acceptors (Lipinski definition) is 5. The van der Waals surface area contributed by atoms with Crippen molar-refractivity contribution in [2.75, 3.05) is 37.8 Å². The Kier molecular flexibility index (Phi) is 6.66. The predicted octanol–water partition coefficient (Wildman–Crippen LogP) is 3.71. The Morgan fingerprint density at radius 3 is 2.81 bits per heavy atom. The Bertz CT molecular complexity index is 1020. The van der Waals surface area contributed by atoms with Gasteiger partial charge in [0, 0.05) is 18.6 Å². The average Bonchev–Trinajstić information content (AvgIpc) is 2.68. The van der Waals surface area contributed by atoms with Crippen LogP contribution in [0.1, 0.15) is 18.1 Å². The van der Waals surface area contributed by atoms with E-state index in [1.54, 1.807) is 0 Å². The zero-order valence-corrected chi connectivity index (χ0v) is 17.9. The quantitative estimate of drug-likeness (QED) is 0.710. The first-order valence-corrected chi connectivity index (χ1v) is 9.77. The van der Waals surface area contributed by atoms with E-state index in [2.05, 4.69) is 27.2 Å². The van der Waals surface area contributed by atoms with Gasteiger partial charge in [-0.1, -0.05) is 17.9 Å². The van der Waals surface area contributed by atoms with Gasteiger partial charge in [-0.2, -0.15) is 8.78 Å². The van der Waals surface area contributed by atoms with Crippen molar-refractivity contribution in [1.82, 2.24) is 4.90 Å². The first-order valence-electron chi connectivity index (χ1n) is 9.77. The van der Waals surface area contributed by atoms with Crippen molar-refractivity contribution in [1.29, 1.82) is 0 Å². The van der Waals surface area contributed by atoms with Crippen molar-refractivity contribution < 1.29 is 23.0 Å². The summed E-state index contributed by atoms with van der Waals surface area (Å²) in [5, 5.41) is 5.91. The molecule has 0 saturated heterocycles. The van der Waals surface area contributed by atoms with Crippen molar-refractivity contribution in [3.05, 3.63) is 47.5 Å². The monoisotopic (exact) mass is 429 g/mol. The molecule has 2 aromatic carbocycles. The fraction of sp³-hybridized carbons (Fsp3) is 0.348. The van der Waals surface area contributed by atoms with Crippen molar-refractivity contribution in [3.8, 4) is 23.3 Å². The number of fused-ring (bicyclic) bond motifs is 1. The minimum Gasteiger partial charge on any atom is -0.477 e. The number of alkyl halides is 2. The van der Waals surface area contributed by atoms with Crippen LogP contribution < -0.4 is 20.1 Å². The fourth-order valence-corrected chi connectivity index (χ4v) is 2.94. The van der Waals surface area contributed by atoms with Gasteiger partial charge in [0.15, 0.2) is 6.10 Å². The summed E-state index contributed by atoms with van der Waals surface area (Å²) in [6.45, 7) is 3.41. The normalized spacial score (nSPS) is 15.1. The van der Waals surface area contributed by atoms with E-state index in [-0.39, 0.29) is 18.2 Å². The first kappa shape index (κ1) is 22.4. The lowest BCUT2D eigenvalue weighted by Gasteiger charge is -2.27. The highest BCUT2D eigenvalue weighted by molar-refractivity contribution is 5.96. The minimum absolute atomic E-state index is 0.00541. The summed E-state index contributed by atoms with van der Waals surface area (Å²) in [6, 6.07) is 9.90. The van der Waals surface area contributed by atoms with Crippen LogP contribution in [0.3, 0.4) is 0 Å². The number of carbonyl (C=O) groups excluding carboxylic acids is 1. The third kappa shape index (κ3) is 6.33. The van der Waals surface area contributed by atoms with Crippen LogP contribution in [0, 0.1) is 18.8 Å². The van der Waals surface area contributed by atoms with E-state index in [0.29, 0.717) is 30.6 Å². The molecule has 0 bridgehead atoms. The van der Waals surface area contributed by atoms with Crippen LogP contribution in [0.25, 0.3) is 0 Å². The number of hydrogen-bond donors (Lipinski definition) is 2. The molecule has 0 saturated carbocycles. The predicted molar refractivity (Wildman–Crippen MR) is 116 cm³/mol. The topological polar surface area (TPSA) is 62.8 Å². The molecule has 8 heteroatoms. The van der Waals surface area contributed by atoms with Crippen LogP contribution in [0.2, 0.25) is 0 Å². The highest BCUT2D eigenvalue weighted by Gasteiger charge is 2.28. The summed E-state index contributed by atoms with van der Waals surface area (Å²) in [5.74, 6) is 6.22. The van der Waals surface area contributed by atoms with Gasteiger partial charge in [-0.25, -0.2) is 0 Å². The first-order chi connectivity index (χ1) is 14.6. The van der Waals surface area contributed by atoms with Gasteiger partial charge in [0.1, 0.15) is 11.5 Å². The van der Waals surface area contributed by atoms with E-state index in [1.165, 1.54) is 18.2 Å². The number of nitrogens with one attached hydrogen (secondary N) is 2. The number of amides is 1. The molecule has 1 aliphatic rings. The molecule has 1 atom stereocenters. The molecule has 164 valence electrons. The van der Waals surface area contributed by atoms with E-state index in [0.717, 1.165) is 11.1 Å². The van der Waals surface area contributed by atoms with Crippen LogP contribution in [0.15, 0.2) is 36.4 Å². The number of nitrogens with zero attached hydrogens (tertiary/aromatic N) is 1. The number of aryl methyl sites for hydroxylation is 1. The maximum Gasteiger partial charge on any atom is 0.394 e. The van der Waals surface area contributed by atoms with E-state index in [4.69, 9.17) is 4.74 Å². The van der Waals surface area contributed by atoms with E-state index < -0.39 is 12.2 Å². The highest BCUT2D eigenvalue weighted by atomic mass is 19.3. The molecule has 1 heterocycles. The molecule has 3 rings (SSSR count). The number of ether oxygens (including phenoxy) is 2. The van der Waals surface area contributed by atoms with Gasteiger partial charge >= 0.3 is 6.11 Å². The molecule has 0 radical (unpaired) electrons. The molecular formula is C23H25F2N3O3. The SMILES string of the molecule is Cc1ccc(NC(=O)C2CNc3cc(OC(C)(F)F)ccc3O2)c(C#CCN(C)C)c1. The molecule has 2 N–H and O–H groups in total. The molecule has 1 unspecified atom stereocenters. The number of rotatable bonds is 5. The maximum absolute atomic E-state index is 13.1. The number of benzene rings is 2. The molecule has 1 amide bonds. The summed E-state index contributed by atoms with van der Waals surface area (Å²) in [4.78, 5) is 14.8. The lowest BCUT2D eigenvalue weighted by molar-refractivity contribution is -0.158. The van der Waals surface area contributed by atoms with Gasteiger partial charge in [0.25, 0.3) is 5.91 Å². The lowest BCUT2D eigenvalue weighted by Crippen LogP contribution is -2.41. The van der Waals surface area contributed by atoms with Gasteiger partial charge in [-0.15, -0.1) is 0 Å². The van der Waals surface area contributed by atoms with Crippen LogP contribution in [0.5, 0.6) is 11.5 Å². The number of carbonyl (C=O) groups is 1. The van der Waals surface area contributed by atoms with Gasteiger partial charge in [-0.3, -0.25) is 9.69 Å².